The van der Waals surface area contributed by atoms with Crippen LogP contribution >= 0.6 is 15.9 Å². The second-order valence-corrected chi connectivity index (χ2v) is 5.02. The number of ether oxygens (including phenoxy) is 1. The van der Waals surface area contributed by atoms with E-state index >= 15 is 0 Å². The van der Waals surface area contributed by atoms with Crippen LogP contribution in [0.5, 0.6) is 0 Å². The standard InChI is InChI=1S/C11H15BrN2O4/c1-6-8(12)7(2)14(10(16)13-6)5-11(3,17)9(15)18-4/h17H,5H2,1-4H3. The van der Waals surface area contributed by atoms with E-state index in [-0.39, 0.29) is 6.54 Å². The number of halogens is 1. The summed E-state index contributed by atoms with van der Waals surface area (Å²) in [6.07, 6.45) is 0. The summed E-state index contributed by atoms with van der Waals surface area (Å²) in [5, 5.41) is 9.97. The second-order valence-electron chi connectivity index (χ2n) is 4.23. The van der Waals surface area contributed by atoms with Gasteiger partial charge in [-0.3, -0.25) is 4.57 Å². The number of rotatable bonds is 3. The first kappa shape index (κ1) is 14.8. The molecule has 7 heteroatoms. The monoisotopic (exact) mass is 318 g/mol. The predicted molar refractivity (Wildman–Crippen MR) is 68.3 cm³/mol. The molecule has 0 aliphatic carbocycles. The average molecular weight is 319 g/mol. The summed E-state index contributed by atoms with van der Waals surface area (Å²) in [6, 6.07) is 0. The average Bonchev–Trinajstić information content (AvgIpc) is 2.31. The van der Waals surface area contributed by atoms with Gasteiger partial charge in [0.25, 0.3) is 0 Å². The maximum atomic E-state index is 11.8. The van der Waals surface area contributed by atoms with E-state index in [9.17, 15) is 14.7 Å². The molecule has 0 amide bonds. The molecule has 1 aromatic rings. The van der Waals surface area contributed by atoms with Gasteiger partial charge in [-0.15, -0.1) is 0 Å². The minimum absolute atomic E-state index is 0.212. The van der Waals surface area contributed by atoms with E-state index in [0.29, 0.717) is 15.9 Å². The van der Waals surface area contributed by atoms with Crippen LogP contribution in [0.1, 0.15) is 18.3 Å². The Morgan fingerprint density at radius 2 is 2.11 bits per heavy atom. The van der Waals surface area contributed by atoms with Gasteiger partial charge in [-0.2, -0.15) is 4.98 Å². The Labute approximate surface area is 113 Å². The van der Waals surface area contributed by atoms with Crippen molar-refractivity contribution in [2.75, 3.05) is 7.11 Å². The van der Waals surface area contributed by atoms with Crippen molar-refractivity contribution in [3.8, 4) is 0 Å². The first-order valence-electron chi connectivity index (χ1n) is 5.25. The number of aliphatic hydroxyl groups is 1. The minimum atomic E-state index is -1.78. The molecule has 0 fully saturated rings. The molecule has 18 heavy (non-hydrogen) atoms. The number of aryl methyl sites for hydroxylation is 1. The molecule has 0 radical (unpaired) electrons. The second kappa shape index (κ2) is 5.19. The highest BCUT2D eigenvalue weighted by atomic mass is 79.9. The van der Waals surface area contributed by atoms with Crippen LogP contribution < -0.4 is 5.69 Å². The molecular weight excluding hydrogens is 304 g/mol. The van der Waals surface area contributed by atoms with E-state index in [2.05, 4.69) is 25.7 Å². The number of hydrogen-bond acceptors (Lipinski definition) is 5. The molecule has 1 atom stereocenters. The van der Waals surface area contributed by atoms with E-state index in [1.54, 1.807) is 13.8 Å². The van der Waals surface area contributed by atoms with Crippen LogP contribution in [0.4, 0.5) is 0 Å². The summed E-state index contributed by atoms with van der Waals surface area (Å²) in [6.45, 7) is 4.48. The normalized spacial score (nSPS) is 14.1. The van der Waals surface area contributed by atoms with Crippen LogP contribution in [0.2, 0.25) is 0 Å². The Bertz CT molecular complexity index is 537. The van der Waals surface area contributed by atoms with Crippen molar-refractivity contribution < 1.29 is 14.6 Å². The van der Waals surface area contributed by atoms with Gasteiger partial charge < -0.3 is 9.84 Å². The number of methoxy groups -OCH3 is 1. The first-order chi connectivity index (χ1) is 8.20. The summed E-state index contributed by atoms with van der Waals surface area (Å²) in [5.41, 5.74) is -1.14. The molecule has 0 aromatic carbocycles. The summed E-state index contributed by atoms with van der Waals surface area (Å²) in [5.74, 6) is -0.800. The summed E-state index contributed by atoms with van der Waals surface area (Å²) < 4.78 is 6.38. The number of nitrogens with zero attached hydrogens (tertiary/aromatic N) is 2. The largest absolute Gasteiger partial charge is 0.467 e. The van der Waals surface area contributed by atoms with Crippen molar-refractivity contribution in [2.24, 2.45) is 0 Å². The van der Waals surface area contributed by atoms with E-state index < -0.39 is 17.3 Å². The Morgan fingerprint density at radius 1 is 1.56 bits per heavy atom. The van der Waals surface area contributed by atoms with E-state index in [1.165, 1.54) is 18.6 Å². The van der Waals surface area contributed by atoms with Crippen LogP contribution in [-0.2, 0) is 16.1 Å². The number of carbonyl (C=O) groups is 1. The summed E-state index contributed by atoms with van der Waals surface area (Å²) in [7, 11) is 1.18. The molecule has 0 aliphatic rings. The van der Waals surface area contributed by atoms with Crippen molar-refractivity contribution in [3.05, 3.63) is 26.3 Å². The molecular formula is C11H15BrN2O4. The molecule has 1 rings (SSSR count). The Hall–Kier alpha value is -1.21. The first-order valence-corrected chi connectivity index (χ1v) is 6.04. The van der Waals surface area contributed by atoms with Gasteiger partial charge in [0.1, 0.15) is 0 Å². The molecule has 0 saturated heterocycles. The molecule has 1 heterocycles. The van der Waals surface area contributed by atoms with Crippen molar-refractivity contribution >= 4 is 21.9 Å². The van der Waals surface area contributed by atoms with Gasteiger partial charge in [-0.25, -0.2) is 9.59 Å². The maximum absolute atomic E-state index is 11.8. The summed E-state index contributed by atoms with van der Waals surface area (Å²) in [4.78, 5) is 27.0. The van der Waals surface area contributed by atoms with Gasteiger partial charge in [-0.1, -0.05) is 0 Å². The van der Waals surface area contributed by atoms with Crippen molar-refractivity contribution in [2.45, 2.75) is 32.9 Å². The van der Waals surface area contributed by atoms with Gasteiger partial charge in [-0.05, 0) is 36.7 Å². The zero-order valence-electron chi connectivity index (χ0n) is 10.7. The molecule has 1 N–H and O–H groups in total. The van der Waals surface area contributed by atoms with E-state index in [1.807, 2.05) is 0 Å². The Morgan fingerprint density at radius 3 is 2.61 bits per heavy atom. The van der Waals surface area contributed by atoms with E-state index in [4.69, 9.17) is 0 Å². The lowest BCUT2D eigenvalue weighted by Gasteiger charge is -2.22. The van der Waals surface area contributed by atoms with Crippen LogP contribution in [0, 0.1) is 13.8 Å². The quantitative estimate of drug-likeness (QED) is 0.823. The highest BCUT2D eigenvalue weighted by Gasteiger charge is 2.33. The smallest absolute Gasteiger partial charge is 0.348 e. The van der Waals surface area contributed by atoms with Crippen molar-refractivity contribution in [1.29, 1.82) is 0 Å². The highest BCUT2D eigenvalue weighted by Crippen LogP contribution is 2.18. The van der Waals surface area contributed by atoms with Crippen molar-refractivity contribution in [1.82, 2.24) is 9.55 Å². The number of esters is 1. The molecule has 0 aliphatic heterocycles. The third-order valence-electron chi connectivity index (χ3n) is 2.63. The number of carbonyl (C=O) groups excluding carboxylic acids is 1. The molecule has 0 spiro atoms. The van der Waals surface area contributed by atoms with Gasteiger partial charge >= 0.3 is 11.7 Å². The lowest BCUT2D eigenvalue weighted by Crippen LogP contribution is -2.44. The lowest BCUT2D eigenvalue weighted by atomic mass is 10.1. The zero-order valence-corrected chi connectivity index (χ0v) is 12.2. The molecule has 100 valence electrons. The Kier molecular flexibility index (Phi) is 4.28. The zero-order chi connectivity index (χ0) is 14.1. The molecule has 1 aromatic heterocycles. The minimum Gasteiger partial charge on any atom is -0.467 e. The number of hydrogen-bond donors (Lipinski definition) is 1. The third kappa shape index (κ3) is 2.78. The molecule has 6 nitrogen and oxygen atoms in total. The molecule has 1 unspecified atom stereocenters. The fraction of sp³-hybridized carbons (Fsp3) is 0.545. The fourth-order valence-electron chi connectivity index (χ4n) is 1.56. The molecule has 0 saturated carbocycles. The van der Waals surface area contributed by atoms with Crippen molar-refractivity contribution in [3.63, 3.8) is 0 Å². The van der Waals surface area contributed by atoms with Crippen LogP contribution in [0.3, 0.4) is 0 Å². The van der Waals surface area contributed by atoms with Gasteiger partial charge in [0.15, 0.2) is 5.60 Å². The van der Waals surface area contributed by atoms with Crippen LogP contribution in [0.25, 0.3) is 0 Å². The van der Waals surface area contributed by atoms with Gasteiger partial charge in [0.05, 0.1) is 23.8 Å². The van der Waals surface area contributed by atoms with Crippen LogP contribution in [0.15, 0.2) is 9.27 Å². The predicted octanol–water partition coefficient (Wildman–Crippen LogP) is 0.547. The molecule has 0 bridgehead atoms. The topological polar surface area (TPSA) is 81.4 Å². The lowest BCUT2D eigenvalue weighted by molar-refractivity contribution is -0.161. The highest BCUT2D eigenvalue weighted by molar-refractivity contribution is 9.10. The summed E-state index contributed by atoms with van der Waals surface area (Å²) >= 11 is 3.31. The number of aromatic nitrogens is 2. The fourth-order valence-corrected chi connectivity index (χ4v) is 1.86. The SMILES string of the molecule is COC(=O)C(C)(O)Cn1c(C)c(Br)c(C)nc1=O. The Balaban J connectivity index is 3.25. The van der Waals surface area contributed by atoms with Crippen LogP contribution in [-0.4, -0.2) is 33.3 Å². The van der Waals surface area contributed by atoms with Gasteiger partial charge in [0, 0.05) is 5.69 Å². The third-order valence-corrected chi connectivity index (χ3v) is 3.77. The van der Waals surface area contributed by atoms with Gasteiger partial charge in [0.2, 0.25) is 0 Å². The van der Waals surface area contributed by atoms with E-state index in [0.717, 1.165) is 0 Å². The maximum Gasteiger partial charge on any atom is 0.348 e.